The lowest BCUT2D eigenvalue weighted by atomic mass is 10.1. The number of carbonyl (C=O) groups is 1. The van der Waals surface area contributed by atoms with E-state index in [0.717, 1.165) is 51.1 Å². The molecule has 0 aromatic carbocycles. The molecule has 1 saturated heterocycles. The summed E-state index contributed by atoms with van der Waals surface area (Å²) in [5.41, 5.74) is 1.53. The second-order valence-corrected chi connectivity index (χ2v) is 5.87. The zero-order valence-corrected chi connectivity index (χ0v) is 13.1. The summed E-state index contributed by atoms with van der Waals surface area (Å²) >= 11 is 0. The average molecular weight is 290 g/mol. The van der Waals surface area contributed by atoms with E-state index in [1.165, 1.54) is 6.42 Å². The van der Waals surface area contributed by atoms with Crippen molar-refractivity contribution in [1.29, 1.82) is 0 Å². The van der Waals surface area contributed by atoms with Crippen LogP contribution in [-0.4, -0.2) is 61.0 Å². The van der Waals surface area contributed by atoms with Gasteiger partial charge in [0.15, 0.2) is 0 Å². The van der Waals surface area contributed by atoms with Crippen LogP contribution < -0.4 is 5.32 Å². The Bertz CT molecular complexity index is 455. The molecule has 116 valence electrons. The van der Waals surface area contributed by atoms with Crippen LogP contribution in [0.15, 0.2) is 18.3 Å². The second-order valence-electron chi connectivity index (χ2n) is 5.87. The lowest BCUT2D eigenvalue weighted by molar-refractivity contribution is 0.0718. The Morgan fingerprint density at radius 2 is 2.10 bits per heavy atom. The van der Waals surface area contributed by atoms with E-state index in [9.17, 15) is 4.79 Å². The molecular weight excluding hydrogens is 264 g/mol. The average Bonchev–Trinajstić information content (AvgIpc) is 2.52. The summed E-state index contributed by atoms with van der Waals surface area (Å²) in [5.74, 6) is 0.0617. The van der Waals surface area contributed by atoms with Crippen LogP contribution in [0.3, 0.4) is 0 Å². The molecule has 0 radical (unpaired) electrons. The van der Waals surface area contributed by atoms with E-state index in [4.69, 9.17) is 0 Å². The summed E-state index contributed by atoms with van der Waals surface area (Å²) in [4.78, 5) is 20.7. The summed E-state index contributed by atoms with van der Waals surface area (Å²) in [6.07, 6.45) is 6.23. The van der Waals surface area contributed by atoms with Crippen molar-refractivity contribution in [3.05, 3.63) is 24.0 Å². The van der Waals surface area contributed by atoms with Gasteiger partial charge in [-0.25, -0.2) is 0 Å². The summed E-state index contributed by atoms with van der Waals surface area (Å²) in [6.45, 7) is 3.68. The number of anilines is 1. The molecule has 1 aromatic rings. The van der Waals surface area contributed by atoms with Gasteiger partial charge in [-0.2, -0.15) is 0 Å². The van der Waals surface area contributed by atoms with Gasteiger partial charge in [-0.3, -0.25) is 9.78 Å². The molecule has 1 aliphatic heterocycles. The maximum absolute atomic E-state index is 12.4. The molecule has 0 saturated carbocycles. The van der Waals surface area contributed by atoms with Crippen molar-refractivity contribution in [2.45, 2.75) is 25.7 Å². The highest BCUT2D eigenvalue weighted by molar-refractivity contribution is 5.93. The van der Waals surface area contributed by atoms with Gasteiger partial charge in [0, 0.05) is 31.5 Å². The van der Waals surface area contributed by atoms with Crippen LogP contribution in [0.1, 0.15) is 36.2 Å². The first kappa shape index (κ1) is 15.8. The van der Waals surface area contributed by atoms with Crippen LogP contribution in [-0.2, 0) is 0 Å². The first-order valence-corrected chi connectivity index (χ1v) is 7.81. The molecule has 1 aromatic heterocycles. The third kappa shape index (κ3) is 5.01. The standard InChI is InChI=1S/C16H26N4O/c1-19(2)10-6-8-17-14-7-9-18-15(13-14)16(21)20-11-4-3-5-12-20/h7,9,13H,3-6,8,10-12H2,1-2H3,(H,17,18). The van der Waals surface area contributed by atoms with E-state index in [1.54, 1.807) is 6.20 Å². The normalized spacial score (nSPS) is 15.3. The fourth-order valence-electron chi connectivity index (χ4n) is 2.54. The minimum absolute atomic E-state index is 0.0617. The quantitative estimate of drug-likeness (QED) is 0.815. The van der Waals surface area contributed by atoms with Gasteiger partial charge in [0.05, 0.1) is 0 Å². The lowest BCUT2D eigenvalue weighted by Gasteiger charge is -2.26. The van der Waals surface area contributed by atoms with Gasteiger partial charge in [0.25, 0.3) is 5.91 Å². The smallest absolute Gasteiger partial charge is 0.272 e. The van der Waals surface area contributed by atoms with E-state index < -0.39 is 0 Å². The van der Waals surface area contributed by atoms with Gasteiger partial charge in [-0.05, 0) is 58.5 Å². The molecular formula is C16H26N4O. The van der Waals surface area contributed by atoms with E-state index in [-0.39, 0.29) is 5.91 Å². The van der Waals surface area contributed by atoms with E-state index in [0.29, 0.717) is 5.69 Å². The van der Waals surface area contributed by atoms with Crippen molar-refractivity contribution in [2.24, 2.45) is 0 Å². The Morgan fingerprint density at radius 3 is 2.81 bits per heavy atom. The van der Waals surface area contributed by atoms with Crippen molar-refractivity contribution in [3.8, 4) is 0 Å². The van der Waals surface area contributed by atoms with Gasteiger partial charge >= 0.3 is 0 Å². The Hall–Kier alpha value is -1.62. The predicted molar refractivity (Wildman–Crippen MR) is 85.7 cm³/mol. The van der Waals surface area contributed by atoms with Gasteiger partial charge in [-0.1, -0.05) is 0 Å². The Morgan fingerprint density at radius 1 is 1.33 bits per heavy atom. The Kier molecular flexibility index (Phi) is 5.99. The first-order chi connectivity index (χ1) is 10.2. The van der Waals surface area contributed by atoms with Gasteiger partial charge < -0.3 is 15.1 Å². The highest BCUT2D eigenvalue weighted by Crippen LogP contribution is 2.14. The van der Waals surface area contributed by atoms with Crippen molar-refractivity contribution in [1.82, 2.24) is 14.8 Å². The van der Waals surface area contributed by atoms with Crippen molar-refractivity contribution < 1.29 is 4.79 Å². The number of aromatic nitrogens is 1. The molecule has 5 nitrogen and oxygen atoms in total. The van der Waals surface area contributed by atoms with Crippen LogP contribution >= 0.6 is 0 Å². The second kappa shape index (κ2) is 7.98. The number of nitrogens with one attached hydrogen (secondary N) is 1. The van der Waals surface area contributed by atoms with E-state index in [2.05, 4.69) is 29.3 Å². The van der Waals surface area contributed by atoms with Crippen molar-refractivity contribution >= 4 is 11.6 Å². The number of pyridine rings is 1. The topological polar surface area (TPSA) is 48.5 Å². The molecule has 0 aliphatic carbocycles. The van der Waals surface area contributed by atoms with E-state index in [1.807, 2.05) is 17.0 Å². The molecule has 2 heterocycles. The van der Waals surface area contributed by atoms with Crippen molar-refractivity contribution in [2.75, 3.05) is 45.6 Å². The number of hydrogen-bond acceptors (Lipinski definition) is 4. The molecule has 1 amide bonds. The monoisotopic (exact) mass is 290 g/mol. The fourth-order valence-corrected chi connectivity index (χ4v) is 2.54. The van der Waals surface area contributed by atoms with Gasteiger partial charge in [0.1, 0.15) is 5.69 Å². The number of nitrogens with zero attached hydrogens (tertiary/aromatic N) is 3. The van der Waals surface area contributed by atoms with Gasteiger partial charge in [0.2, 0.25) is 0 Å². The molecule has 1 fully saturated rings. The first-order valence-electron chi connectivity index (χ1n) is 7.81. The summed E-state index contributed by atoms with van der Waals surface area (Å²) in [6, 6.07) is 3.79. The SMILES string of the molecule is CN(C)CCCNc1ccnc(C(=O)N2CCCCC2)c1. The molecule has 0 bridgehead atoms. The zero-order chi connectivity index (χ0) is 15.1. The molecule has 0 unspecified atom stereocenters. The fraction of sp³-hybridized carbons (Fsp3) is 0.625. The van der Waals surface area contributed by atoms with Crippen LogP contribution in [0.2, 0.25) is 0 Å². The molecule has 21 heavy (non-hydrogen) atoms. The van der Waals surface area contributed by atoms with E-state index >= 15 is 0 Å². The summed E-state index contributed by atoms with van der Waals surface area (Å²) in [7, 11) is 4.14. The number of hydrogen-bond donors (Lipinski definition) is 1. The highest BCUT2D eigenvalue weighted by Gasteiger charge is 2.19. The number of carbonyl (C=O) groups excluding carboxylic acids is 1. The number of likely N-dealkylation sites (tertiary alicyclic amines) is 1. The number of rotatable bonds is 6. The van der Waals surface area contributed by atoms with Crippen LogP contribution in [0.4, 0.5) is 5.69 Å². The van der Waals surface area contributed by atoms with Crippen molar-refractivity contribution in [3.63, 3.8) is 0 Å². The lowest BCUT2D eigenvalue weighted by Crippen LogP contribution is -2.36. The maximum atomic E-state index is 12.4. The molecule has 5 heteroatoms. The largest absolute Gasteiger partial charge is 0.385 e. The summed E-state index contributed by atoms with van der Waals surface area (Å²) < 4.78 is 0. The third-order valence-corrected chi connectivity index (χ3v) is 3.73. The van der Waals surface area contributed by atoms with Gasteiger partial charge in [-0.15, -0.1) is 0 Å². The summed E-state index contributed by atoms with van der Waals surface area (Å²) in [5, 5.41) is 3.36. The molecule has 1 N–H and O–H groups in total. The Labute approximate surface area is 127 Å². The molecule has 0 spiro atoms. The van der Waals surface area contributed by atoms with Crippen LogP contribution in [0.25, 0.3) is 0 Å². The minimum Gasteiger partial charge on any atom is -0.385 e. The molecule has 1 aliphatic rings. The third-order valence-electron chi connectivity index (χ3n) is 3.73. The molecule has 0 atom stereocenters. The number of amides is 1. The zero-order valence-electron chi connectivity index (χ0n) is 13.1. The minimum atomic E-state index is 0.0617. The van der Waals surface area contributed by atoms with Crippen LogP contribution in [0, 0.1) is 0 Å². The molecule has 2 rings (SSSR count). The predicted octanol–water partition coefficient (Wildman–Crippen LogP) is 2.07. The number of piperidine rings is 1. The maximum Gasteiger partial charge on any atom is 0.272 e. The Balaban J connectivity index is 1.89. The van der Waals surface area contributed by atoms with Crippen LogP contribution in [0.5, 0.6) is 0 Å². The highest BCUT2D eigenvalue weighted by atomic mass is 16.2.